The second-order valence-corrected chi connectivity index (χ2v) is 2.41. The lowest BCUT2D eigenvalue weighted by Gasteiger charge is -2.09. The first-order valence-corrected chi connectivity index (χ1v) is 3.16. The monoisotopic (exact) mass is 151 g/mol. The van der Waals surface area contributed by atoms with Crippen LogP contribution in [0.3, 0.4) is 0 Å². The quantitative estimate of drug-likeness (QED) is 0.602. The van der Waals surface area contributed by atoms with Gasteiger partial charge >= 0.3 is 0 Å². The molecule has 9 heavy (non-hydrogen) atoms. The third kappa shape index (κ3) is 2.12. The molecular weight excluding hydrogens is 138 g/mol. The molecule has 0 aliphatic carbocycles. The highest BCUT2D eigenvalue weighted by atomic mass is 35.5. The van der Waals surface area contributed by atoms with E-state index < -0.39 is 0 Å². The van der Waals surface area contributed by atoms with Crippen molar-refractivity contribution >= 4 is 12.4 Å². The molecule has 1 saturated heterocycles. The summed E-state index contributed by atoms with van der Waals surface area (Å²) in [4.78, 5) is 0. The summed E-state index contributed by atoms with van der Waals surface area (Å²) >= 11 is 0. The van der Waals surface area contributed by atoms with Gasteiger partial charge < -0.3 is 10.5 Å². The summed E-state index contributed by atoms with van der Waals surface area (Å²) in [6.45, 7) is 3.77. The lowest BCUT2D eigenvalue weighted by atomic mass is 10.1. The van der Waals surface area contributed by atoms with Crippen molar-refractivity contribution in [2.45, 2.75) is 19.4 Å². The van der Waals surface area contributed by atoms with Gasteiger partial charge in [0.05, 0.1) is 6.10 Å². The number of ether oxygens (including phenoxy) is 1. The van der Waals surface area contributed by atoms with Crippen LogP contribution in [0.1, 0.15) is 13.3 Å². The highest BCUT2D eigenvalue weighted by molar-refractivity contribution is 5.85. The van der Waals surface area contributed by atoms with E-state index in [1.165, 1.54) is 6.42 Å². The summed E-state index contributed by atoms with van der Waals surface area (Å²) in [5, 5.41) is 0. The lowest BCUT2D eigenvalue weighted by molar-refractivity contribution is 0.101. The SMILES string of the molecule is C[C@@H]1CCO[C@@H]1CN.Cl. The van der Waals surface area contributed by atoms with Gasteiger partial charge in [-0.1, -0.05) is 6.92 Å². The number of hydrogen-bond acceptors (Lipinski definition) is 2. The van der Waals surface area contributed by atoms with Crippen LogP contribution in [0, 0.1) is 5.92 Å². The van der Waals surface area contributed by atoms with E-state index in [0.29, 0.717) is 18.6 Å². The number of halogens is 1. The van der Waals surface area contributed by atoms with Crippen LogP contribution in [0.15, 0.2) is 0 Å². The van der Waals surface area contributed by atoms with Crippen molar-refractivity contribution in [2.24, 2.45) is 11.7 Å². The van der Waals surface area contributed by atoms with E-state index in [-0.39, 0.29) is 12.4 Å². The molecule has 1 fully saturated rings. The van der Waals surface area contributed by atoms with Crippen molar-refractivity contribution in [3.63, 3.8) is 0 Å². The minimum absolute atomic E-state index is 0. The Balaban J connectivity index is 0.000000640. The molecule has 1 aliphatic rings. The van der Waals surface area contributed by atoms with Gasteiger partial charge in [-0.15, -0.1) is 12.4 Å². The minimum Gasteiger partial charge on any atom is -0.377 e. The number of hydrogen-bond donors (Lipinski definition) is 1. The van der Waals surface area contributed by atoms with Crippen LogP contribution < -0.4 is 5.73 Å². The Hall–Kier alpha value is 0.210. The Kier molecular flexibility index (Phi) is 4.19. The van der Waals surface area contributed by atoms with Crippen molar-refractivity contribution in [3.05, 3.63) is 0 Å². The van der Waals surface area contributed by atoms with E-state index >= 15 is 0 Å². The van der Waals surface area contributed by atoms with Gasteiger partial charge in [-0.2, -0.15) is 0 Å². The van der Waals surface area contributed by atoms with Gasteiger partial charge in [0, 0.05) is 13.2 Å². The second kappa shape index (κ2) is 4.09. The summed E-state index contributed by atoms with van der Waals surface area (Å²) in [6, 6.07) is 0. The van der Waals surface area contributed by atoms with Gasteiger partial charge in [0.2, 0.25) is 0 Å². The first kappa shape index (κ1) is 9.21. The molecule has 0 bridgehead atoms. The van der Waals surface area contributed by atoms with Crippen molar-refractivity contribution in [1.82, 2.24) is 0 Å². The normalized spacial score (nSPS) is 34.0. The highest BCUT2D eigenvalue weighted by Gasteiger charge is 2.21. The fraction of sp³-hybridized carbons (Fsp3) is 1.00. The predicted molar refractivity (Wildman–Crippen MR) is 39.8 cm³/mol. The molecule has 2 atom stereocenters. The van der Waals surface area contributed by atoms with E-state index in [4.69, 9.17) is 10.5 Å². The molecule has 0 saturated carbocycles. The third-order valence-corrected chi connectivity index (χ3v) is 1.77. The summed E-state index contributed by atoms with van der Waals surface area (Å²) < 4.78 is 5.29. The fourth-order valence-electron chi connectivity index (χ4n) is 1.06. The average molecular weight is 152 g/mol. The summed E-state index contributed by atoms with van der Waals surface area (Å²) in [5.74, 6) is 0.681. The molecule has 0 amide bonds. The van der Waals surface area contributed by atoms with Crippen LogP contribution in [0.25, 0.3) is 0 Å². The maximum Gasteiger partial charge on any atom is 0.0723 e. The third-order valence-electron chi connectivity index (χ3n) is 1.77. The Morgan fingerprint density at radius 2 is 2.33 bits per heavy atom. The Labute approximate surface area is 62.2 Å². The van der Waals surface area contributed by atoms with Crippen molar-refractivity contribution in [2.75, 3.05) is 13.2 Å². The van der Waals surface area contributed by atoms with Crippen LogP contribution >= 0.6 is 12.4 Å². The molecule has 56 valence electrons. The van der Waals surface area contributed by atoms with Crippen LogP contribution in [-0.2, 0) is 4.74 Å². The van der Waals surface area contributed by atoms with Gasteiger partial charge in [0.15, 0.2) is 0 Å². The van der Waals surface area contributed by atoms with Crippen molar-refractivity contribution in [3.8, 4) is 0 Å². The van der Waals surface area contributed by atoms with Crippen molar-refractivity contribution in [1.29, 1.82) is 0 Å². The van der Waals surface area contributed by atoms with E-state index in [1.54, 1.807) is 0 Å². The Bertz CT molecular complexity index is 79.5. The number of nitrogens with two attached hydrogens (primary N) is 1. The molecule has 0 aromatic carbocycles. The number of rotatable bonds is 1. The lowest BCUT2D eigenvalue weighted by Crippen LogP contribution is -2.23. The van der Waals surface area contributed by atoms with Gasteiger partial charge in [-0.25, -0.2) is 0 Å². The van der Waals surface area contributed by atoms with Gasteiger partial charge in [-0.3, -0.25) is 0 Å². The summed E-state index contributed by atoms with van der Waals surface area (Å²) in [6.07, 6.45) is 1.52. The molecule has 0 spiro atoms. The van der Waals surface area contributed by atoms with Crippen molar-refractivity contribution < 1.29 is 4.74 Å². The van der Waals surface area contributed by atoms with E-state index in [0.717, 1.165) is 6.61 Å². The molecule has 0 radical (unpaired) electrons. The molecule has 0 aromatic rings. The van der Waals surface area contributed by atoms with E-state index in [2.05, 4.69) is 6.92 Å². The van der Waals surface area contributed by atoms with Crippen LogP contribution in [0.4, 0.5) is 0 Å². The zero-order chi connectivity index (χ0) is 5.98. The Morgan fingerprint density at radius 3 is 2.56 bits per heavy atom. The van der Waals surface area contributed by atoms with E-state index in [9.17, 15) is 0 Å². The van der Waals surface area contributed by atoms with Gasteiger partial charge in [0.1, 0.15) is 0 Å². The molecule has 1 rings (SSSR count). The highest BCUT2D eigenvalue weighted by Crippen LogP contribution is 2.18. The topological polar surface area (TPSA) is 35.2 Å². The zero-order valence-electron chi connectivity index (χ0n) is 5.67. The zero-order valence-corrected chi connectivity index (χ0v) is 6.49. The predicted octanol–water partition coefficient (Wildman–Crippen LogP) is 0.792. The summed E-state index contributed by atoms with van der Waals surface area (Å²) in [5.41, 5.74) is 5.40. The Morgan fingerprint density at radius 1 is 1.67 bits per heavy atom. The molecule has 1 heterocycles. The largest absolute Gasteiger partial charge is 0.377 e. The molecule has 0 unspecified atom stereocenters. The fourth-order valence-corrected chi connectivity index (χ4v) is 1.06. The summed E-state index contributed by atoms with van der Waals surface area (Å²) in [7, 11) is 0. The molecular formula is C6H14ClNO. The maximum atomic E-state index is 5.40. The van der Waals surface area contributed by atoms with Gasteiger partial charge in [0.25, 0.3) is 0 Å². The standard InChI is InChI=1S/C6H13NO.ClH/c1-5-2-3-8-6(5)4-7;/h5-6H,2-4,7H2,1H3;1H/t5-,6-;/m1./s1. The van der Waals surface area contributed by atoms with Gasteiger partial charge in [-0.05, 0) is 12.3 Å². The smallest absolute Gasteiger partial charge is 0.0723 e. The molecule has 3 heteroatoms. The first-order valence-electron chi connectivity index (χ1n) is 3.16. The van der Waals surface area contributed by atoms with Crippen LogP contribution in [-0.4, -0.2) is 19.3 Å². The maximum absolute atomic E-state index is 5.40. The van der Waals surface area contributed by atoms with Crippen LogP contribution in [0.2, 0.25) is 0 Å². The molecule has 2 nitrogen and oxygen atoms in total. The van der Waals surface area contributed by atoms with Crippen LogP contribution in [0.5, 0.6) is 0 Å². The minimum atomic E-state index is 0. The van der Waals surface area contributed by atoms with E-state index in [1.807, 2.05) is 0 Å². The molecule has 0 aromatic heterocycles. The second-order valence-electron chi connectivity index (χ2n) is 2.41. The molecule has 2 N–H and O–H groups in total. The molecule has 1 aliphatic heterocycles. The first-order chi connectivity index (χ1) is 3.84. The average Bonchev–Trinajstić information content (AvgIpc) is 2.14.